The van der Waals surface area contributed by atoms with Crippen molar-refractivity contribution in [1.82, 2.24) is 15.1 Å². The van der Waals surface area contributed by atoms with E-state index in [1.807, 2.05) is 54.3 Å². The van der Waals surface area contributed by atoms with Gasteiger partial charge in [-0.2, -0.15) is 0 Å². The van der Waals surface area contributed by atoms with E-state index >= 15 is 0 Å². The molecule has 1 aromatic heterocycles. The molecule has 0 unspecified atom stereocenters. The highest BCUT2D eigenvalue weighted by molar-refractivity contribution is 9.10. The molecule has 2 heterocycles. The number of halogens is 2. The van der Waals surface area contributed by atoms with Crippen molar-refractivity contribution in [2.24, 2.45) is 0 Å². The third kappa shape index (κ3) is 4.99. The van der Waals surface area contributed by atoms with Gasteiger partial charge in [-0.15, -0.1) is 10.2 Å². The molecule has 1 fully saturated rings. The van der Waals surface area contributed by atoms with E-state index < -0.39 is 0 Å². The Kier molecular flexibility index (Phi) is 6.73. The van der Waals surface area contributed by atoms with E-state index in [4.69, 9.17) is 16.3 Å². The van der Waals surface area contributed by atoms with Crippen molar-refractivity contribution in [3.63, 3.8) is 0 Å². The Morgan fingerprint density at radius 2 is 1.77 bits per heavy atom. The van der Waals surface area contributed by atoms with Gasteiger partial charge < -0.3 is 14.5 Å². The first-order valence-corrected chi connectivity index (χ1v) is 11.3. The zero-order chi connectivity index (χ0) is 21.8. The van der Waals surface area contributed by atoms with Crippen LogP contribution in [-0.4, -0.2) is 53.8 Å². The number of aromatic nitrogens is 2. The number of benzene rings is 2. The van der Waals surface area contributed by atoms with Gasteiger partial charge >= 0.3 is 0 Å². The predicted molar refractivity (Wildman–Crippen MR) is 126 cm³/mol. The van der Waals surface area contributed by atoms with Crippen LogP contribution in [0.15, 0.2) is 59.1 Å². The van der Waals surface area contributed by atoms with E-state index in [-0.39, 0.29) is 5.91 Å². The summed E-state index contributed by atoms with van der Waals surface area (Å²) in [5.74, 6) is 1.59. The second kappa shape index (κ2) is 9.66. The fourth-order valence-corrected chi connectivity index (χ4v) is 4.07. The van der Waals surface area contributed by atoms with Crippen molar-refractivity contribution in [3.8, 4) is 17.0 Å². The van der Waals surface area contributed by atoms with Gasteiger partial charge in [-0.05, 0) is 61.5 Å². The number of carbonyl (C=O) groups excluding carboxylic acids is 1. The van der Waals surface area contributed by atoms with Crippen LogP contribution in [0.2, 0.25) is 5.02 Å². The summed E-state index contributed by atoms with van der Waals surface area (Å²) in [4.78, 5) is 16.8. The fraction of sp³-hybridized carbons (Fsp3) is 0.261. The number of hydrogen-bond donors (Lipinski definition) is 0. The molecule has 0 spiro atoms. The first-order valence-electron chi connectivity index (χ1n) is 10.1. The molecule has 3 aromatic rings. The van der Waals surface area contributed by atoms with Crippen molar-refractivity contribution in [2.75, 3.05) is 37.7 Å². The van der Waals surface area contributed by atoms with E-state index in [9.17, 15) is 4.79 Å². The second-order valence-corrected chi connectivity index (χ2v) is 8.46. The number of rotatable bonds is 5. The minimum absolute atomic E-state index is 0.0529. The van der Waals surface area contributed by atoms with Crippen LogP contribution in [-0.2, 0) is 0 Å². The molecule has 1 aliphatic rings. The average Bonchev–Trinajstić information content (AvgIpc) is 2.81. The molecule has 0 radical (unpaired) electrons. The van der Waals surface area contributed by atoms with Crippen LogP contribution in [0.5, 0.6) is 5.75 Å². The lowest BCUT2D eigenvalue weighted by atomic mass is 10.1. The predicted octanol–water partition coefficient (Wildman–Crippen LogP) is 4.92. The van der Waals surface area contributed by atoms with Gasteiger partial charge in [0.05, 0.1) is 22.9 Å². The largest absolute Gasteiger partial charge is 0.494 e. The fourth-order valence-electron chi connectivity index (χ4n) is 3.51. The van der Waals surface area contributed by atoms with E-state index in [0.29, 0.717) is 43.4 Å². The molecule has 1 aliphatic heterocycles. The number of nitrogens with zero attached hydrogens (tertiary/aromatic N) is 4. The Balaban J connectivity index is 1.38. The molecule has 8 heteroatoms. The van der Waals surface area contributed by atoms with Gasteiger partial charge in [-0.3, -0.25) is 4.79 Å². The first kappa shape index (κ1) is 21.6. The summed E-state index contributed by atoms with van der Waals surface area (Å²) < 4.78 is 6.32. The van der Waals surface area contributed by atoms with Crippen LogP contribution < -0.4 is 9.64 Å². The highest BCUT2D eigenvalue weighted by Crippen LogP contribution is 2.25. The third-order valence-corrected chi connectivity index (χ3v) is 5.98. The third-order valence-electron chi connectivity index (χ3n) is 5.16. The van der Waals surface area contributed by atoms with Crippen LogP contribution in [0.25, 0.3) is 11.3 Å². The Bertz CT molecular complexity index is 1050. The number of anilines is 1. The molecule has 2 aromatic carbocycles. The van der Waals surface area contributed by atoms with Crippen molar-refractivity contribution >= 4 is 39.3 Å². The van der Waals surface area contributed by atoms with Gasteiger partial charge in [0, 0.05) is 36.2 Å². The summed E-state index contributed by atoms with van der Waals surface area (Å²) >= 11 is 9.62. The van der Waals surface area contributed by atoms with E-state index in [1.54, 1.807) is 12.1 Å². The average molecular weight is 502 g/mol. The Hall–Kier alpha value is -2.64. The molecule has 6 nitrogen and oxygen atoms in total. The topological polar surface area (TPSA) is 58.6 Å². The molecule has 1 saturated heterocycles. The van der Waals surface area contributed by atoms with Crippen LogP contribution in [0, 0.1) is 0 Å². The van der Waals surface area contributed by atoms with Gasteiger partial charge in [0.25, 0.3) is 5.91 Å². The van der Waals surface area contributed by atoms with Crippen LogP contribution in [0.3, 0.4) is 0 Å². The lowest BCUT2D eigenvalue weighted by Gasteiger charge is -2.35. The lowest BCUT2D eigenvalue weighted by Crippen LogP contribution is -2.49. The maximum Gasteiger partial charge on any atom is 0.255 e. The zero-order valence-corrected chi connectivity index (χ0v) is 19.4. The van der Waals surface area contributed by atoms with Crippen molar-refractivity contribution in [3.05, 3.63) is 69.7 Å². The molecule has 0 aliphatic carbocycles. The highest BCUT2D eigenvalue weighted by atomic mass is 79.9. The summed E-state index contributed by atoms with van der Waals surface area (Å²) in [6.07, 6.45) is 0. The van der Waals surface area contributed by atoms with Crippen LogP contribution >= 0.6 is 27.5 Å². The quantitative estimate of drug-likeness (QED) is 0.497. The monoisotopic (exact) mass is 500 g/mol. The Morgan fingerprint density at radius 1 is 1.03 bits per heavy atom. The SMILES string of the molecule is CCOc1ccc(-c2ccc(N3CCN(C(=O)c4cc(Br)ccc4Cl)CC3)nn2)cc1. The summed E-state index contributed by atoms with van der Waals surface area (Å²) in [6, 6.07) is 17.1. The van der Waals surface area contributed by atoms with Crippen molar-refractivity contribution in [1.29, 1.82) is 0 Å². The lowest BCUT2D eigenvalue weighted by molar-refractivity contribution is 0.0746. The number of piperazine rings is 1. The number of carbonyl (C=O) groups is 1. The van der Waals surface area contributed by atoms with Gasteiger partial charge in [0.2, 0.25) is 0 Å². The van der Waals surface area contributed by atoms with Gasteiger partial charge in [0.1, 0.15) is 5.75 Å². The molecule has 1 amide bonds. The first-order chi connectivity index (χ1) is 15.0. The number of ether oxygens (including phenoxy) is 1. The Labute approximate surface area is 194 Å². The number of amides is 1. The van der Waals surface area contributed by atoms with Gasteiger partial charge in [-0.25, -0.2) is 0 Å². The van der Waals surface area contributed by atoms with E-state index in [1.165, 1.54) is 0 Å². The molecule has 4 rings (SSSR count). The normalized spacial score (nSPS) is 13.9. The number of hydrogen-bond acceptors (Lipinski definition) is 5. The van der Waals surface area contributed by atoms with Crippen molar-refractivity contribution in [2.45, 2.75) is 6.92 Å². The molecular formula is C23H22BrClN4O2. The summed E-state index contributed by atoms with van der Waals surface area (Å²) in [5.41, 5.74) is 2.32. The molecule has 160 valence electrons. The highest BCUT2D eigenvalue weighted by Gasteiger charge is 2.24. The molecule has 0 atom stereocenters. The molecule has 31 heavy (non-hydrogen) atoms. The molecule has 0 N–H and O–H groups in total. The standard InChI is InChI=1S/C23H22BrClN4O2/c1-2-31-18-6-3-16(4-7-18)21-9-10-22(27-26-21)28-11-13-29(14-12-28)23(30)19-15-17(24)5-8-20(19)25/h3-10,15H,2,11-14H2,1H3. The van der Waals surface area contributed by atoms with Gasteiger partial charge in [-0.1, -0.05) is 27.5 Å². The minimum atomic E-state index is -0.0529. The molecular weight excluding hydrogens is 480 g/mol. The van der Waals surface area contributed by atoms with E-state index in [0.717, 1.165) is 27.3 Å². The minimum Gasteiger partial charge on any atom is -0.494 e. The smallest absolute Gasteiger partial charge is 0.255 e. The summed E-state index contributed by atoms with van der Waals surface area (Å²) in [5, 5.41) is 9.26. The van der Waals surface area contributed by atoms with Crippen molar-refractivity contribution < 1.29 is 9.53 Å². The van der Waals surface area contributed by atoms with E-state index in [2.05, 4.69) is 31.0 Å². The second-order valence-electron chi connectivity index (χ2n) is 7.14. The Morgan fingerprint density at radius 3 is 2.42 bits per heavy atom. The zero-order valence-electron chi connectivity index (χ0n) is 17.1. The summed E-state index contributed by atoms with van der Waals surface area (Å²) in [7, 11) is 0. The maximum absolute atomic E-state index is 12.8. The summed E-state index contributed by atoms with van der Waals surface area (Å²) in [6.45, 7) is 5.18. The maximum atomic E-state index is 12.8. The molecule has 0 saturated carbocycles. The van der Waals surface area contributed by atoms with Crippen LogP contribution in [0.1, 0.15) is 17.3 Å². The van der Waals surface area contributed by atoms with Gasteiger partial charge in [0.15, 0.2) is 5.82 Å². The molecule has 0 bridgehead atoms. The van der Waals surface area contributed by atoms with Crippen LogP contribution in [0.4, 0.5) is 5.82 Å².